The third kappa shape index (κ3) is 5.99. The first-order valence-corrected chi connectivity index (χ1v) is 9.03. The molecule has 0 saturated carbocycles. The zero-order chi connectivity index (χ0) is 19.0. The molecule has 0 amide bonds. The van der Waals surface area contributed by atoms with E-state index in [1.165, 1.54) is 0 Å². The standard InChI is InChI=1S/C17H21F3N4OS/c1-2-21-16(23-9-12-5-3-4-6-13(12)10-25)22-8-7-15-24-14(11-26-15)17(18,19)20/h3-6,11,25H,2,7-10H2,1H3,(H2,21,22,23). The number of aliphatic hydroxyl groups is 1. The number of halogens is 3. The third-order valence-corrected chi connectivity index (χ3v) is 4.42. The van der Waals surface area contributed by atoms with E-state index >= 15 is 0 Å². The predicted molar refractivity (Wildman–Crippen MR) is 96.0 cm³/mol. The lowest BCUT2D eigenvalue weighted by Crippen LogP contribution is -2.38. The van der Waals surface area contributed by atoms with Crippen LogP contribution in [0.25, 0.3) is 0 Å². The molecule has 0 atom stereocenters. The van der Waals surface area contributed by atoms with Gasteiger partial charge in [-0.3, -0.25) is 0 Å². The van der Waals surface area contributed by atoms with E-state index in [9.17, 15) is 18.3 Å². The van der Waals surface area contributed by atoms with E-state index in [4.69, 9.17) is 0 Å². The summed E-state index contributed by atoms with van der Waals surface area (Å²) in [6.07, 6.45) is -4.03. The van der Waals surface area contributed by atoms with Crippen molar-refractivity contribution in [1.29, 1.82) is 0 Å². The third-order valence-electron chi connectivity index (χ3n) is 3.51. The lowest BCUT2D eigenvalue weighted by Gasteiger charge is -2.11. The lowest BCUT2D eigenvalue weighted by atomic mass is 10.1. The Labute approximate surface area is 154 Å². The summed E-state index contributed by atoms with van der Waals surface area (Å²) in [5.41, 5.74) is 0.884. The maximum absolute atomic E-state index is 12.6. The number of benzene rings is 1. The Morgan fingerprint density at radius 1 is 1.23 bits per heavy atom. The molecule has 1 aromatic carbocycles. The SMILES string of the molecule is CCNC(=NCc1ccccc1CO)NCCc1nc(C(F)(F)F)cs1. The number of aliphatic imine (C=N–C) groups is 1. The average Bonchev–Trinajstić information content (AvgIpc) is 3.09. The minimum Gasteiger partial charge on any atom is -0.392 e. The maximum Gasteiger partial charge on any atom is 0.434 e. The van der Waals surface area contributed by atoms with Crippen molar-refractivity contribution < 1.29 is 18.3 Å². The van der Waals surface area contributed by atoms with E-state index in [1.807, 2.05) is 31.2 Å². The van der Waals surface area contributed by atoms with Crippen LogP contribution in [0, 0.1) is 0 Å². The Balaban J connectivity index is 1.92. The second-order valence-corrected chi connectivity index (χ2v) is 6.37. The van der Waals surface area contributed by atoms with E-state index < -0.39 is 11.9 Å². The van der Waals surface area contributed by atoms with Crippen molar-refractivity contribution in [1.82, 2.24) is 15.6 Å². The van der Waals surface area contributed by atoms with Gasteiger partial charge in [0.1, 0.15) is 0 Å². The number of aromatic nitrogens is 1. The fourth-order valence-corrected chi connectivity index (χ4v) is 3.02. The fraction of sp³-hybridized carbons (Fsp3) is 0.412. The van der Waals surface area contributed by atoms with E-state index in [0.29, 0.717) is 37.0 Å². The number of alkyl halides is 3. The largest absolute Gasteiger partial charge is 0.434 e. The number of guanidine groups is 1. The number of nitrogens with zero attached hydrogens (tertiary/aromatic N) is 2. The van der Waals surface area contributed by atoms with Gasteiger partial charge in [0.15, 0.2) is 11.7 Å². The van der Waals surface area contributed by atoms with Crippen LogP contribution < -0.4 is 10.6 Å². The quantitative estimate of drug-likeness (QED) is 0.506. The lowest BCUT2D eigenvalue weighted by molar-refractivity contribution is -0.140. The monoisotopic (exact) mass is 386 g/mol. The molecule has 0 aliphatic heterocycles. The zero-order valence-electron chi connectivity index (χ0n) is 14.3. The molecule has 0 bridgehead atoms. The summed E-state index contributed by atoms with van der Waals surface area (Å²) in [6.45, 7) is 3.33. The van der Waals surface area contributed by atoms with Crippen LogP contribution in [0.2, 0.25) is 0 Å². The van der Waals surface area contributed by atoms with Crippen molar-refractivity contribution in [3.05, 3.63) is 51.5 Å². The molecule has 0 radical (unpaired) electrons. The van der Waals surface area contributed by atoms with Gasteiger partial charge in [0.25, 0.3) is 0 Å². The number of aliphatic hydroxyl groups excluding tert-OH is 1. The summed E-state index contributed by atoms with van der Waals surface area (Å²) in [5.74, 6) is 0.563. The highest BCUT2D eigenvalue weighted by Gasteiger charge is 2.33. The first kappa shape index (κ1) is 20.2. The fourth-order valence-electron chi connectivity index (χ4n) is 2.22. The van der Waals surface area contributed by atoms with Crippen molar-refractivity contribution in [2.75, 3.05) is 13.1 Å². The van der Waals surface area contributed by atoms with E-state index in [1.54, 1.807) is 0 Å². The molecule has 5 nitrogen and oxygen atoms in total. The molecule has 2 rings (SSSR count). The molecular weight excluding hydrogens is 365 g/mol. The molecule has 1 aromatic heterocycles. The Kier molecular flexibility index (Phi) is 7.40. The molecule has 0 aliphatic rings. The summed E-state index contributed by atoms with van der Waals surface area (Å²) in [5, 5.41) is 17.0. The Morgan fingerprint density at radius 3 is 2.58 bits per heavy atom. The molecule has 9 heteroatoms. The van der Waals surface area contributed by atoms with Crippen LogP contribution in [0.1, 0.15) is 28.8 Å². The maximum atomic E-state index is 12.6. The highest BCUT2D eigenvalue weighted by Crippen LogP contribution is 2.29. The van der Waals surface area contributed by atoms with Gasteiger partial charge < -0.3 is 15.7 Å². The van der Waals surface area contributed by atoms with Crippen LogP contribution in [0.15, 0.2) is 34.6 Å². The van der Waals surface area contributed by atoms with Crippen LogP contribution in [-0.2, 0) is 25.7 Å². The molecular formula is C17H21F3N4OS. The zero-order valence-corrected chi connectivity index (χ0v) is 15.1. The highest BCUT2D eigenvalue weighted by molar-refractivity contribution is 7.09. The van der Waals surface area contributed by atoms with Gasteiger partial charge in [-0.2, -0.15) is 13.2 Å². The topological polar surface area (TPSA) is 69.5 Å². The van der Waals surface area contributed by atoms with E-state index in [-0.39, 0.29) is 6.61 Å². The van der Waals surface area contributed by atoms with Crippen LogP contribution in [0.5, 0.6) is 0 Å². The summed E-state index contributed by atoms with van der Waals surface area (Å²) >= 11 is 0.997. The van der Waals surface area contributed by atoms with Crippen molar-refractivity contribution in [2.24, 2.45) is 4.99 Å². The molecule has 2 aromatic rings. The smallest absolute Gasteiger partial charge is 0.392 e. The Bertz CT molecular complexity index is 731. The van der Waals surface area contributed by atoms with Gasteiger partial charge >= 0.3 is 6.18 Å². The first-order chi connectivity index (χ1) is 12.4. The number of thiazole rings is 1. The molecule has 0 fully saturated rings. The minimum absolute atomic E-state index is 0.0543. The van der Waals surface area contributed by atoms with Gasteiger partial charge in [0.2, 0.25) is 0 Å². The predicted octanol–water partition coefficient (Wildman–Crippen LogP) is 2.95. The number of hydrogen-bond acceptors (Lipinski definition) is 4. The second-order valence-electron chi connectivity index (χ2n) is 5.42. The van der Waals surface area contributed by atoms with Gasteiger partial charge in [-0.1, -0.05) is 24.3 Å². The average molecular weight is 386 g/mol. The summed E-state index contributed by atoms with van der Waals surface area (Å²) < 4.78 is 37.7. The summed E-state index contributed by atoms with van der Waals surface area (Å²) in [7, 11) is 0. The molecule has 0 unspecified atom stereocenters. The van der Waals surface area contributed by atoms with Gasteiger partial charge in [0, 0.05) is 24.9 Å². The highest BCUT2D eigenvalue weighted by atomic mass is 32.1. The first-order valence-electron chi connectivity index (χ1n) is 8.15. The van der Waals surface area contributed by atoms with E-state index in [0.717, 1.165) is 27.8 Å². The van der Waals surface area contributed by atoms with Crippen molar-refractivity contribution in [3.63, 3.8) is 0 Å². The van der Waals surface area contributed by atoms with Crippen LogP contribution in [0.4, 0.5) is 13.2 Å². The van der Waals surface area contributed by atoms with Crippen molar-refractivity contribution >= 4 is 17.3 Å². The van der Waals surface area contributed by atoms with Gasteiger partial charge in [0.05, 0.1) is 18.2 Å². The Morgan fingerprint density at radius 2 is 1.96 bits per heavy atom. The molecule has 142 valence electrons. The van der Waals surface area contributed by atoms with Crippen LogP contribution in [-0.4, -0.2) is 29.1 Å². The number of rotatable bonds is 7. The molecule has 1 heterocycles. The van der Waals surface area contributed by atoms with Gasteiger partial charge in [-0.05, 0) is 18.1 Å². The summed E-state index contributed by atoms with van der Waals surface area (Å²) in [6, 6.07) is 7.47. The number of hydrogen-bond donors (Lipinski definition) is 3. The molecule has 0 aliphatic carbocycles. The molecule has 3 N–H and O–H groups in total. The molecule has 0 spiro atoms. The van der Waals surface area contributed by atoms with Gasteiger partial charge in [-0.25, -0.2) is 9.98 Å². The van der Waals surface area contributed by atoms with Crippen LogP contribution in [0.3, 0.4) is 0 Å². The van der Waals surface area contributed by atoms with Crippen molar-refractivity contribution in [2.45, 2.75) is 32.7 Å². The Hall–Kier alpha value is -2.13. The van der Waals surface area contributed by atoms with Crippen LogP contribution >= 0.6 is 11.3 Å². The van der Waals surface area contributed by atoms with E-state index in [2.05, 4.69) is 20.6 Å². The van der Waals surface area contributed by atoms with Gasteiger partial charge in [-0.15, -0.1) is 11.3 Å². The normalized spacial score (nSPS) is 12.3. The second kappa shape index (κ2) is 9.54. The summed E-state index contributed by atoms with van der Waals surface area (Å²) in [4.78, 5) is 8.06. The van der Waals surface area contributed by atoms with Crippen molar-refractivity contribution in [3.8, 4) is 0 Å². The molecule has 26 heavy (non-hydrogen) atoms. The minimum atomic E-state index is -4.40. The molecule has 0 saturated heterocycles. The number of nitrogens with one attached hydrogen (secondary N) is 2.